The lowest BCUT2D eigenvalue weighted by Gasteiger charge is -2.14. The summed E-state index contributed by atoms with van der Waals surface area (Å²) in [7, 11) is 3.26. The molecule has 0 amide bonds. The van der Waals surface area contributed by atoms with Crippen LogP contribution in [0.25, 0.3) is 0 Å². The van der Waals surface area contributed by atoms with E-state index in [9.17, 15) is 0 Å². The molecule has 0 unspecified atom stereocenters. The van der Waals surface area contributed by atoms with E-state index in [1.807, 2.05) is 6.07 Å². The largest absolute Gasteiger partial charge is 0.365 e. The Morgan fingerprint density at radius 1 is 1.31 bits per heavy atom. The van der Waals surface area contributed by atoms with Crippen LogP contribution in [-0.4, -0.2) is 32.0 Å². The molecule has 0 saturated carbocycles. The molecule has 4 nitrogen and oxygen atoms in total. The number of fused-ring (bicyclic) bond motifs is 1. The van der Waals surface area contributed by atoms with Crippen LogP contribution in [0.4, 0.5) is 5.82 Å². The zero-order chi connectivity index (χ0) is 11.4. The minimum Gasteiger partial charge on any atom is -0.365 e. The minimum atomic E-state index is -0.227. The van der Waals surface area contributed by atoms with E-state index in [4.69, 9.17) is 9.47 Å². The summed E-state index contributed by atoms with van der Waals surface area (Å²) in [4.78, 5) is 4.57. The number of hydrogen-bond donors (Lipinski definition) is 1. The Kier molecular flexibility index (Phi) is 3.74. The van der Waals surface area contributed by atoms with Gasteiger partial charge in [-0.2, -0.15) is 0 Å². The van der Waals surface area contributed by atoms with Gasteiger partial charge in [-0.25, -0.2) is 4.98 Å². The number of nitrogens with zero attached hydrogens (tertiary/aromatic N) is 1. The number of rotatable bonds is 5. The predicted octanol–water partition coefficient (Wildman–Crippen LogP) is 1.60. The SMILES string of the molecule is COC(CNc1ccc2c(n1)CCC2)OC. The van der Waals surface area contributed by atoms with E-state index in [0.717, 1.165) is 12.2 Å². The van der Waals surface area contributed by atoms with Gasteiger partial charge < -0.3 is 14.8 Å². The highest BCUT2D eigenvalue weighted by molar-refractivity contribution is 5.40. The monoisotopic (exact) mass is 222 g/mol. The lowest BCUT2D eigenvalue weighted by molar-refractivity contribution is -0.0914. The van der Waals surface area contributed by atoms with E-state index >= 15 is 0 Å². The second-order valence-corrected chi connectivity index (χ2v) is 3.94. The molecule has 0 aromatic carbocycles. The van der Waals surface area contributed by atoms with Gasteiger partial charge in [0.2, 0.25) is 0 Å². The summed E-state index contributed by atoms with van der Waals surface area (Å²) in [6.07, 6.45) is 3.27. The predicted molar refractivity (Wildman–Crippen MR) is 62.6 cm³/mol. The van der Waals surface area contributed by atoms with Crippen LogP contribution < -0.4 is 5.32 Å². The van der Waals surface area contributed by atoms with Crippen molar-refractivity contribution in [1.82, 2.24) is 4.98 Å². The molecule has 0 radical (unpaired) electrons. The molecule has 1 aliphatic carbocycles. The Bertz CT molecular complexity index is 351. The van der Waals surface area contributed by atoms with Gasteiger partial charge in [-0.1, -0.05) is 6.07 Å². The maximum absolute atomic E-state index is 5.10. The molecule has 16 heavy (non-hydrogen) atoms. The standard InChI is InChI=1S/C12H18N2O2/c1-15-12(16-2)8-13-11-7-6-9-4-3-5-10(9)14-11/h6-7,12H,3-5,8H2,1-2H3,(H,13,14). The van der Waals surface area contributed by atoms with Crippen molar-refractivity contribution in [2.45, 2.75) is 25.6 Å². The van der Waals surface area contributed by atoms with Crippen molar-refractivity contribution < 1.29 is 9.47 Å². The zero-order valence-electron chi connectivity index (χ0n) is 9.82. The maximum atomic E-state index is 5.10. The van der Waals surface area contributed by atoms with Crippen molar-refractivity contribution in [3.63, 3.8) is 0 Å². The van der Waals surface area contributed by atoms with Gasteiger partial charge in [-0.05, 0) is 30.9 Å². The Hall–Kier alpha value is -1.13. The lowest BCUT2D eigenvalue weighted by Crippen LogP contribution is -2.24. The van der Waals surface area contributed by atoms with Crippen molar-refractivity contribution in [3.8, 4) is 0 Å². The normalized spacial score (nSPS) is 14.2. The Balaban J connectivity index is 1.95. The average Bonchev–Trinajstić information content (AvgIpc) is 2.77. The Morgan fingerprint density at radius 2 is 2.12 bits per heavy atom. The van der Waals surface area contributed by atoms with Gasteiger partial charge >= 0.3 is 0 Å². The number of methoxy groups -OCH3 is 2. The van der Waals surface area contributed by atoms with Crippen LogP contribution in [0.5, 0.6) is 0 Å². The van der Waals surface area contributed by atoms with Crippen LogP contribution in [0, 0.1) is 0 Å². The zero-order valence-corrected chi connectivity index (χ0v) is 9.82. The highest BCUT2D eigenvalue weighted by Gasteiger charge is 2.12. The van der Waals surface area contributed by atoms with Crippen LogP contribution >= 0.6 is 0 Å². The summed E-state index contributed by atoms with van der Waals surface area (Å²) in [6, 6.07) is 4.18. The van der Waals surface area contributed by atoms with E-state index in [1.54, 1.807) is 14.2 Å². The number of aryl methyl sites for hydroxylation is 2. The van der Waals surface area contributed by atoms with Crippen LogP contribution in [0.2, 0.25) is 0 Å². The van der Waals surface area contributed by atoms with E-state index in [-0.39, 0.29) is 6.29 Å². The quantitative estimate of drug-likeness (QED) is 0.768. The second kappa shape index (κ2) is 5.27. The number of nitrogens with one attached hydrogen (secondary N) is 1. The van der Waals surface area contributed by atoms with Gasteiger partial charge in [0, 0.05) is 19.9 Å². The number of ether oxygens (including phenoxy) is 2. The van der Waals surface area contributed by atoms with Crippen LogP contribution in [0.3, 0.4) is 0 Å². The van der Waals surface area contributed by atoms with E-state index in [1.165, 1.54) is 24.1 Å². The van der Waals surface area contributed by atoms with Crippen LogP contribution in [0.15, 0.2) is 12.1 Å². The first kappa shape index (κ1) is 11.4. The van der Waals surface area contributed by atoms with E-state index < -0.39 is 0 Å². The van der Waals surface area contributed by atoms with Gasteiger partial charge in [0.15, 0.2) is 6.29 Å². The van der Waals surface area contributed by atoms with E-state index in [2.05, 4.69) is 16.4 Å². The first-order valence-electron chi connectivity index (χ1n) is 5.61. The number of pyridine rings is 1. The van der Waals surface area contributed by atoms with Crippen molar-refractivity contribution in [2.24, 2.45) is 0 Å². The van der Waals surface area contributed by atoms with Crippen molar-refractivity contribution in [3.05, 3.63) is 23.4 Å². The number of aromatic nitrogens is 1. The number of hydrogen-bond acceptors (Lipinski definition) is 4. The van der Waals surface area contributed by atoms with Gasteiger partial charge in [0.05, 0.1) is 6.54 Å². The molecule has 0 aliphatic heterocycles. The molecule has 2 rings (SSSR count). The molecule has 1 aromatic heterocycles. The second-order valence-electron chi connectivity index (χ2n) is 3.94. The highest BCUT2D eigenvalue weighted by Crippen LogP contribution is 2.21. The topological polar surface area (TPSA) is 43.4 Å². The molecule has 1 heterocycles. The van der Waals surface area contributed by atoms with Crippen molar-refractivity contribution in [2.75, 3.05) is 26.1 Å². The minimum absolute atomic E-state index is 0.227. The summed E-state index contributed by atoms with van der Waals surface area (Å²) in [6.45, 7) is 0.610. The summed E-state index contributed by atoms with van der Waals surface area (Å²) in [5.41, 5.74) is 2.62. The fourth-order valence-corrected chi connectivity index (χ4v) is 1.97. The van der Waals surface area contributed by atoms with Crippen molar-refractivity contribution in [1.29, 1.82) is 0 Å². The Labute approximate surface area is 96.0 Å². The molecule has 0 bridgehead atoms. The van der Waals surface area contributed by atoms with Gasteiger partial charge in [-0.15, -0.1) is 0 Å². The van der Waals surface area contributed by atoms with Gasteiger partial charge in [0.25, 0.3) is 0 Å². The summed E-state index contributed by atoms with van der Waals surface area (Å²) < 4.78 is 10.2. The average molecular weight is 222 g/mol. The van der Waals surface area contributed by atoms with Crippen molar-refractivity contribution >= 4 is 5.82 Å². The third-order valence-electron chi connectivity index (χ3n) is 2.90. The molecule has 0 spiro atoms. The molecule has 0 fully saturated rings. The molecule has 1 aromatic rings. The molecule has 1 N–H and O–H groups in total. The molecular weight excluding hydrogens is 204 g/mol. The fourth-order valence-electron chi connectivity index (χ4n) is 1.97. The van der Waals surface area contributed by atoms with Crippen LogP contribution in [0.1, 0.15) is 17.7 Å². The molecule has 1 aliphatic rings. The van der Waals surface area contributed by atoms with Gasteiger partial charge in [0.1, 0.15) is 5.82 Å². The lowest BCUT2D eigenvalue weighted by atomic mass is 10.2. The highest BCUT2D eigenvalue weighted by atomic mass is 16.7. The third-order valence-corrected chi connectivity index (χ3v) is 2.90. The summed E-state index contributed by atoms with van der Waals surface area (Å²) >= 11 is 0. The molecule has 88 valence electrons. The smallest absolute Gasteiger partial charge is 0.173 e. The summed E-state index contributed by atoms with van der Waals surface area (Å²) in [5.74, 6) is 0.903. The molecule has 0 saturated heterocycles. The first-order valence-corrected chi connectivity index (χ1v) is 5.61. The van der Waals surface area contributed by atoms with Gasteiger partial charge in [-0.3, -0.25) is 0 Å². The summed E-state index contributed by atoms with van der Waals surface area (Å²) in [5, 5.41) is 3.22. The number of anilines is 1. The molecule has 0 atom stereocenters. The third kappa shape index (κ3) is 2.51. The Morgan fingerprint density at radius 3 is 2.88 bits per heavy atom. The van der Waals surface area contributed by atoms with Crippen LogP contribution in [-0.2, 0) is 22.3 Å². The first-order chi connectivity index (χ1) is 7.83. The van der Waals surface area contributed by atoms with E-state index in [0.29, 0.717) is 6.54 Å². The maximum Gasteiger partial charge on any atom is 0.173 e. The molecule has 4 heteroatoms. The molecular formula is C12H18N2O2. The fraction of sp³-hybridized carbons (Fsp3) is 0.583.